The summed E-state index contributed by atoms with van der Waals surface area (Å²) in [6.07, 6.45) is 0.838. The normalized spacial score (nSPS) is 11.0. The van der Waals surface area contributed by atoms with Crippen LogP contribution in [-0.4, -0.2) is 23.4 Å². The first-order valence-electron chi connectivity index (χ1n) is 8.37. The van der Waals surface area contributed by atoms with Gasteiger partial charge in [-0.1, -0.05) is 47.6 Å². The lowest BCUT2D eigenvalue weighted by Crippen LogP contribution is -2.27. The average Bonchev–Trinajstić information content (AvgIpc) is 2.93. The smallest absolute Gasteiger partial charge is 0.230 e. The highest BCUT2D eigenvalue weighted by molar-refractivity contribution is 7.99. The van der Waals surface area contributed by atoms with Crippen LogP contribution in [0.2, 0.25) is 0 Å². The average molecular weight is 354 g/mol. The summed E-state index contributed by atoms with van der Waals surface area (Å²) < 4.78 is 5.13. The van der Waals surface area contributed by atoms with Crippen LogP contribution in [0.3, 0.4) is 0 Å². The number of nitrogens with zero attached hydrogens (tertiary/aromatic N) is 1. The number of aryl methyl sites for hydroxylation is 2. The Hall–Kier alpha value is -2.27. The lowest BCUT2D eigenvalue weighted by atomic mass is 10.1. The van der Waals surface area contributed by atoms with E-state index in [1.807, 2.05) is 26.0 Å². The summed E-state index contributed by atoms with van der Waals surface area (Å²) in [5.41, 5.74) is 3.23. The first kappa shape index (κ1) is 17.5. The third-order valence-corrected chi connectivity index (χ3v) is 5.17. The van der Waals surface area contributed by atoms with Crippen LogP contribution in [0.1, 0.15) is 22.6 Å². The molecule has 0 aliphatic rings. The highest BCUT2D eigenvalue weighted by Crippen LogP contribution is 2.19. The zero-order valence-corrected chi connectivity index (χ0v) is 15.4. The molecule has 5 heteroatoms. The van der Waals surface area contributed by atoms with E-state index in [9.17, 15) is 4.79 Å². The van der Waals surface area contributed by atoms with E-state index >= 15 is 0 Å². The summed E-state index contributed by atoms with van der Waals surface area (Å²) >= 11 is 1.58. The molecule has 1 amide bonds. The summed E-state index contributed by atoms with van der Waals surface area (Å²) in [6.45, 7) is 4.48. The van der Waals surface area contributed by atoms with Gasteiger partial charge in [-0.15, -0.1) is 11.8 Å². The molecule has 25 heavy (non-hydrogen) atoms. The van der Waals surface area contributed by atoms with Crippen molar-refractivity contribution in [3.63, 3.8) is 0 Å². The molecule has 1 heterocycles. The maximum Gasteiger partial charge on any atom is 0.230 e. The fourth-order valence-corrected chi connectivity index (χ4v) is 3.75. The first-order chi connectivity index (χ1) is 12.1. The topological polar surface area (TPSA) is 55.1 Å². The van der Waals surface area contributed by atoms with Gasteiger partial charge < -0.3 is 9.84 Å². The number of aromatic nitrogens is 1. The molecule has 0 bridgehead atoms. The number of benzene rings is 2. The third kappa shape index (κ3) is 4.63. The van der Waals surface area contributed by atoms with E-state index in [1.54, 1.807) is 11.8 Å². The van der Waals surface area contributed by atoms with Crippen LogP contribution < -0.4 is 5.32 Å². The lowest BCUT2D eigenvalue weighted by molar-refractivity contribution is -0.118. The molecule has 3 aromatic rings. The minimum Gasteiger partial charge on any atom is -0.361 e. The molecular weight excluding hydrogens is 332 g/mol. The Bertz CT molecular complexity index is 854. The summed E-state index contributed by atoms with van der Waals surface area (Å²) in [6, 6.07) is 14.8. The molecular formula is C20H22N2O2S. The van der Waals surface area contributed by atoms with Crippen molar-refractivity contribution in [1.29, 1.82) is 0 Å². The van der Waals surface area contributed by atoms with Gasteiger partial charge in [-0.25, -0.2) is 0 Å². The van der Waals surface area contributed by atoms with E-state index in [1.165, 1.54) is 16.3 Å². The predicted molar refractivity (Wildman–Crippen MR) is 103 cm³/mol. The second kappa shape index (κ2) is 8.21. The standard InChI is InChI=1S/C20H22N2O2S/c1-14-19(15(2)24-22-14)12-25-13-20(23)21-10-9-16-7-8-17-5-3-4-6-18(17)11-16/h3-8,11H,9-10,12-13H2,1-2H3,(H,21,23). The number of carbonyl (C=O) groups is 1. The monoisotopic (exact) mass is 354 g/mol. The lowest BCUT2D eigenvalue weighted by Gasteiger charge is -2.06. The Kier molecular flexibility index (Phi) is 5.76. The van der Waals surface area contributed by atoms with Crippen molar-refractivity contribution >= 4 is 28.4 Å². The minimum absolute atomic E-state index is 0.0672. The number of hydrogen-bond acceptors (Lipinski definition) is 4. The summed E-state index contributed by atoms with van der Waals surface area (Å²) in [7, 11) is 0. The fourth-order valence-electron chi connectivity index (χ4n) is 2.75. The largest absolute Gasteiger partial charge is 0.361 e. The summed E-state index contributed by atoms with van der Waals surface area (Å²) in [4.78, 5) is 12.0. The summed E-state index contributed by atoms with van der Waals surface area (Å²) in [5.74, 6) is 2.10. The Morgan fingerprint density at radius 1 is 1.16 bits per heavy atom. The van der Waals surface area contributed by atoms with Crippen LogP contribution in [0, 0.1) is 13.8 Å². The third-order valence-electron chi connectivity index (χ3n) is 4.21. The second-order valence-electron chi connectivity index (χ2n) is 6.08. The van der Waals surface area contributed by atoms with Gasteiger partial charge in [-0.3, -0.25) is 4.79 Å². The van der Waals surface area contributed by atoms with Crippen molar-refractivity contribution in [1.82, 2.24) is 10.5 Å². The van der Waals surface area contributed by atoms with Crippen molar-refractivity contribution in [3.05, 3.63) is 65.0 Å². The van der Waals surface area contributed by atoms with Crippen molar-refractivity contribution in [2.75, 3.05) is 12.3 Å². The maximum atomic E-state index is 12.0. The zero-order valence-electron chi connectivity index (χ0n) is 14.5. The van der Waals surface area contributed by atoms with Gasteiger partial charge >= 0.3 is 0 Å². The van der Waals surface area contributed by atoms with Gasteiger partial charge in [0.05, 0.1) is 11.4 Å². The quantitative estimate of drug-likeness (QED) is 0.696. The van der Waals surface area contributed by atoms with Gasteiger partial charge in [-0.05, 0) is 36.6 Å². The van der Waals surface area contributed by atoms with Gasteiger partial charge in [0, 0.05) is 17.9 Å². The molecule has 4 nitrogen and oxygen atoms in total. The van der Waals surface area contributed by atoms with Crippen LogP contribution in [0.5, 0.6) is 0 Å². The molecule has 3 rings (SSSR count). The van der Waals surface area contributed by atoms with Crippen LogP contribution >= 0.6 is 11.8 Å². The molecule has 130 valence electrons. The minimum atomic E-state index is 0.0672. The highest BCUT2D eigenvalue weighted by Gasteiger charge is 2.10. The Morgan fingerprint density at radius 3 is 2.72 bits per heavy atom. The number of nitrogens with one attached hydrogen (secondary N) is 1. The van der Waals surface area contributed by atoms with Gasteiger partial charge in [0.15, 0.2) is 0 Å². The fraction of sp³-hybridized carbons (Fsp3) is 0.300. The molecule has 0 radical (unpaired) electrons. The molecule has 0 spiro atoms. The molecule has 0 saturated heterocycles. The van der Waals surface area contributed by atoms with E-state index < -0.39 is 0 Å². The number of rotatable bonds is 7. The molecule has 0 aliphatic heterocycles. The second-order valence-corrected chi connectivity index (χ2v) is 7.06. The Labute approximate surface area is 152 Å². The van der Waals surface area contributed by atoms with E-state index in [0.29, 0.717) is 12.3 Å². The Morgan fingerprint density at radius 2 is 1.96 bits per heavy atom. The van der Waals surface area contributed by atoms with Crippen molar-refractivity contribution < 1.29 is 9.32 Å². The van der Waals surface area contributed by atoms with Crippen LogP contribution in [0.25, 0.3) is 10.8 Å². The number of fused-ring (bicyclic) bond motifs is 1. The molecule has 0 saturated carbocycles. The zero-order chi connectivity index (χ0) is 17.6. The van der Waals surface area contributed by atoms with Crippen LogP contribution in [0.15, 0.2) is 47.0 Å². The molecule has 1 aromatic heterocycles. The van der Waals surface area contributed by atoms with E-state index in [2.05, 4.69) is 40.8 Å². The molecule has 1 N–H and O–H groups in total. The first-order valence-corrected chi connectivity index (χ1v) is 9.53. The number of thioether (sulfide) groups is 1. The number of hydrogen-bond donors (Lipinski definition) is 1. The van der Waals surface area contributed by atoms with Crippen molar-refractivity contribution in [2.45, 2.75) is 26.0 Å². The van der Waals surface area contributed by atoms with Gasteiger partial charge in [0.1, 0.15) is 5.76 Å². The summed E-state index contributed by atoms with van der Waals surface area (Å²) in [5, 5.41) is 9.40. The van der Waals surface area contributed by atoms with Gasteiger partial charge in [0.25, 0.3) is 0 Å². The molecule has 2 aromatic carbocycles. The van der Waals surface area contributed by atoms with Crippen molar-refractivity contribution in [3.8, 4) is 0 Å². The number of amides is 1. The van der Waals surface area contributed by atoms with Crippen molar-refractivity contribution in [2.24, 2.45) is 0 Å². The molecule has 0 unspecified atom stereocenters. The van der Waals surface area contributed by atoms with Gasteiger partial charge in [0.2, 0.25) is 5.91 Å². The molecule has 0 aliphatic carbocycles. The highest BCUT2D eigenvalue weighted by atomic mass is 32.2. The van der Waals surface area contributed by atoms with Crippen LogP contribution in [-0.2, 0) is 17.0 Å². The van der Waals surface area contributed by atoms with Crippen LogP contribution in [0.4, 0.5) is 0 Å². The van der Waals surface area contributed by atoms with E-state index in [0.717, 1.165) is 29.2 Å². The molecule has 0 fully saturated rings. The predicted octanol–water partition coefficient (Wildman–Crippen LogP) is 4.04. The van der Waals surface area contributed by atoms with Gasteiger partial charge in [-0.2, -0.15) is 0 Å². The molecule has 0 atom stereocenters. The van der Waals surface area contributed by atoms with E-state index in [-0.39, 0.29) is 5.91 Å². The van der Waals surface area contributed by atoms with E-state index in [4.69, 9.17) is 4.52 Å². The maximum absolute atomic E-state index is 12.0. The Balaban J connectivity index is 1.41. The SMILES string of the molecule is Cc1noc(C)c1CSCC(=O)NCCc1ccc2ccccc2c1. The number of carbonyl (C=O) groups excluding carboxylic acids is 1.